The van der Waals surface area contributed by atoms with Crippen molar-refractivity contribution in [2.75, 3.05) is 41.0 Å². The molecule has 1 N–H and O–H groups in total. The van der Waals surface area contributed by atoms with E-state index in [9.17, 15) is 14.7 Å². The number of hydrogen-bond acceptors (Lipinski definition) is 7. The average Bonchev–Trinajstić information content (AvgIpc) is 2.91. The highest BCUT2D eigenvalue weighted by Gasteiger charge is 2.86. The number of ether oxygens (including phenoxy) is 3. The van der Waals surface area contributed by atoms with E-state index in [1.54, 1.807) is 21.3 Å². The topological polar surface area (TPSA) is 85.3 Å². The molecule has 0 aromatic rings. The summed E-state index contributed by atoms with van der Waals surface area (Å²) in [5.41, 5.74) is -1.70. The highest BCUT2D eigenvalue weighted by molar-refractivity contribution is 5.90. The molecule has 0 radical (unpaired) electrons. The molecule has 0 aromatic heterocycles. The van der Waals surface area contributed by atoms with Crippen LogP contribution in [0.4, 0.5) is 0 Å². The Kier molecular flexibility index (Phi) is 4.27. The van der Waals surface area contributed by atoms with Gasteiger partial charge in [-0.15, -0.1) is 0 Å². The van der Waals surface area contributed by atoms with Crippen LogP contribution in [0.5, 0.6) is 0 Å². The van der Waals surface area contributed by atoms with Crippen molar-refractivity contribution in [2.24, 2.45) is 40.4 Å². The number of likely N-dealkylation sites (tertiary alicyclic amines) is 1. The third-order valence-electron chi connectivity index (χ3n) is 10.7. The standard InChI is InChI=1S/C24H35NO6/c1-5-25-10-22(11-29-2)15(26)6-7-23-13-8-12-16(13)24(28,9-14(30-3)18(12)27)17(21(23)25)19(31-4)20(22)23/h12-14,16-17,19-21,28H,5-11H2,1-4H3/t12?,13-,14-,16+,17+,19+,20-,21-,22+,23-,24-/m1/s1. The Morgan fingerprint density at radius 2 is 1.94 bits per heavy atom. The van der Waals surface area contributed by atoms with Crippen LogP contribution in [0.15, 0.2) is 0 Å². The summed E-state index contributed by atoms with van der Waals surface area (Å²) in [4.78, 5) is 29.1. The number of carbonyl (C=O) groups is 2. The molecule has 0 aromatic carbocycles. The van der Waals surface area contributed by atoms with Gasteiger partial charge in [-0.1, -0.05) is 6.92 Å². The van der Waals surface area contributed by atoms with Gasteiger partial charge in [0.05, 0.1) is 23.7 Å². The fourth-order valence-electron chi connectivity index (χ4n) is 10.1. The fraction of sp³-hybridized carbons (Fsp3) is 0.917. The predicted octanol–water partition coefficient (Wildman–Crippen LogP) is 0.918. The van der Waals surface area contributed by atoms with Crippen LogP contribution in [-0.2, 0) is 23.8 Å². The summed E-state index contributed by atoms with van der Waals surface area (Å²) in [6.07, 6.45) is 1.78. The van der Waals surface area contributed by atoms with Gasteiger partial charge in [-0.2, -0.15) is 0 Å². The molecule has 1 saturated heterocycles. The number of fused-ring (bicyclic) bond motifs is 1. The van der Waals surface area contributed by atoms with Crippen LogP contribution in [0, 0.1) is 40.4 Å². The number of hydrogen-bond donors (Lipinski definition) is 1. The average molecular weight is 434 g/mol. The van der Waals surface area contributed by atoms with Crippen LogP contribution in [0.3, 0.4) is 0 Å². The lowest BCUT2D eigenvalue weighted by Gasteiger charge is -2.73. The molecule has 7 heteroatoms. The molecule has 6 fully saturated rings. The first-order chi connectivity index (χ1) is 14.9. The molecule has 172 valence electrons. The van der Waals surface area contributed by atoms with Gasteiger partial charge in [0.1, 0.15) is 11.9 Å². The second kappa shape index (κ2) is 6.38. The highest BCUT2D eigenvalue weighted by atomic mass is 16.5. The molecule has 7 nitrogen and oxygen atoms in total. The number of methoxy groups -OCH3 is 3. The molecular formula is C24H35NO6. The van der Waals surface area contributed by atoms with Gasteiger partial charge in [-0.3, -0.25) is 14.5 Å². The molecule has 6 aliphatic rings. The molecule has 0 amide bonds. The van der Waals surface area contributed by atoms with Crippen molar-refractivity contribution in [3.63, 3.8) is 0 Å². The smallest absolute Gasteiger partial charge is 0.165 e. The minimum atomic E-state index is -1.00. The normalized spacial score (nSPS) is 56.9. The number of nitrogens with zero attached hydrogens (tertiary/aromatic N) is 1. The second-order valence-corrected chi connectivity index (χ2v) is 11.1. The minimum absolute atomic E-state index is 0.0284. The Morgan fingerprint density at radius 3 is 2.58 bits per heavy atom. The molecule has 6 rings (SSSR count). The molecule has 1 unspecified atom stereocenters. The van der Waals surface area contributed by atoms with E-state index in [0.29, 0.717) is 26.0 Å². The van der Waals surface area contributed by atoms with E-state index in [1.165, 1.54) is 0 Å². The van der Waals surface area contributed by atoms with Crippen molar-refractivity contribution in [3.05, 3.63) is 0 Å². The van der Waals surface area contributed by atoms with Crippen LogP contribution in [-0.4, -0.2) is 86.4 Å². The molecule has 1 spiro atoms. The molecule has 5 saturated carbocycles. The number of carbonyl (C=O) groups excluding carboxylic acids is 2. The Morgan fingerprint density at radius 1 is 1.16 bits per heavy atom. The first kappa shape index (κ1) is 20.7. The summed E-state index contributed by atoms with van der Waals surface area (Å²) in [6.45, 7) is 4.05. The zero-order chi connectivity index (χ0) is 21.9. The van der Waals surface area contributed by atoms with Gasteiger partial charge in [0.15, 0.2) is 5.78 Å². The van der Waals surface area contributed by atoms with Gasteiger partial charge < -0.3 is 19.3 Å². The summed E-state index contributed by atoms with van der Waals surface area (Å²) in [5.74, 6) is 0.424. The summed E-state index contributed by atoms with van der Waals surface area (Å²) in [5, 5.41) is 12.4. The van der Waals surface area contributed by atoms with Crippen LogP contribution < -0.4 is 0 Å². The van der Waals surface area contributed by atoms with Gasteiger partial charge in [0.2, 0.25) is 0 Å². The van der Waals surface area contributed by atoms with E-state index < -0.39 is 17.1 Å². The quantitative estimate of drug-likeness (QED) is 0.690. The van der Waals surface area contributed by atoms with Crippen LogP contribution in [0.1, 0.15) is 32.6 Å². The minimum Gasteiger partial charge on any atom is -0.389 e. The van der Waals surface area contributed by atoms with Gasteiger partial charge in [0, 0.05) is 70.4 Å². The largest absolute Gasteiger partial charge is 0.389 e. The van der Waals surface area contributed by atoms with E-state index >= 15 is 0 Å². The van der Waals surface area contributed by atoms with E-state index in [0.717, 1.165) is 19.4 Å². The van der Waals surface area contributed by atoms with Gasteiger partial charge in [-0.25, -0.2) is 0 Å². The van der Waals surface area contributed by atoms with Crippen molar-refractivity contribution < 1.29 is 28.9 Å². The maximum Gasteiger partial charge on any atom is 0.165 e. The van der Waals surface area contributed by atoms with Crippen molar-refractivity contribution in [3.8, 4) is 0 Å². The van der Waals surface area contributed by atoms with E-state index in [4.69, 9.17) is 14.2 Å². The molecule has 5 bridgehead atoms. The summed E-state index contributed by atoms with van der Waals surface area (Å²) < 4.78 is 17.5. The van der Waals surface area contributed by atoms with Crippen molar-refractivity contribution in [1.29, 1.82) is 0 Å². The van der Waals surface area contributed by atoms with Gasteiger partial charge in [-0.05, 0) is 30.7 Å². The monoisotopic (exact) mass is 433 g/mol. The fourth-order valence-corrected chi connectivity index (χ4v) is 10.1. The van der Waals surface area contributed by atoms with E-state index in [-0.39, 0.29) is 58.7 Å². The third kappa shape index (κ3) is 2.02. The Labute approximate surface area is 183 Å². The zero-order valence-electron chi connectivity index (χ0n) is 19.0. The summed E-state index contributed by atoms with van der Waals surface area (Å²) in [6, 6.07) is 0.170. The van der Waals surface area contributed by atoms with Crippen molar-refractivity contribution in [1.82, 2.24) is 4.90 Å². The summed E-state index contributed by atoms with van der Waals surface area (Å²) >= 11 is 0. The number of rotatable bonds is 5. The lowest BCUT2D eigenvalue weighted by Crippen LogP contribution is -2.79. The zero-order valence-corrected chi connectivity index (χ0v) is 19.0. The van der Waals surface area contributed by atoms with E-state index in [2.05, 4.69) is 11.8 Å². The maximum atomic E-state index is 13.6. The lowest BCUT2D eigenvalue weighted by molar-refractivity contribution is -0.282. The molecule has 1 aliphatic heterocycles. The second-order valence-electron chi connectivity index (χ2n) is 11.1. The van der Waals surface area contributed by atoms with Gasteiger partial charge in [0.25, 0.3) is 0 Å². The molecule has 11 atom stereocenters. The molecule has 5 aliphatic carbocycles. The highest BCUT2D eigenvalue weighted by Crippen LogP contribution is 2.79. The van der Waals surface area contributed by atoms with Crippen LogP contribution >= 0.6 is 0 Å². The predicted molar refractivity (Wildman–Crippen MR) is 110 cm³/mol. The maximum absolute atomic E-state index is 13.6. The first-order valence-corrected chi connectivity index (χ1v) is 11.9. The van der Waals surface area contributed by atoms with Gasteiger partial charge >= 0.3 is 0 Å². The first-order valence-electron chi connectivity index (χ1n) is 11.9. The van der Waals surface area contributed by atoms with Crippen LogP contribution in [0.25, 0.3) is 0 Å². The Hall–Kier alpha value is -0.860. The lowest BCUT2D eigenvalue weighted by atomic mass is 9.35. The summed E-state index contributed by atoms with van der Waals surface area (Å²) in [7, 11) is 4.99. The molecule has 31 heavy (non-hydrogen) atoms. The third-order valence-corrected chi connectivity index (χ3v) is 10.7. The SMILES string of the molecule is CCN1C[C@]2(COC)C(=O)CC[C@@]34[C@@H]5CC6C(=O)[C@H](OC)C[C@](O)([C@@H]([C@H](OC)[C@H]23)[C@@H]14)[C@@H]65. The Bertz CT molecular complexity index is 833. The number of piperidine rings is 1. The molecular weight excluding hydrogens is 398 g/mol. The van der Waals surface area contributed by atoms with Crippen molar-refractivity contribution >= 4 is 11.6 Å². The number of Topliss-reactive ketones (excluding diaryl/α,β-unsaturated/α-hetero) is 2. The number of aliphatic hydroxyl groups is 1. The van der Waals surface area contributed by atoms with E-state index in [1.807, 2.05) is 0 Å². The van der Waals surface area contributed by atoms with Crippen LogP contribution in [0.2, 0.25) is 0 Å². The number of ketones is 2. The van der Waals surface area contributed by atoms with Crippen molar-refractivity contribution in [2.45, 2.75) is 56.5 Å². The molecule has 1 heterocycles. The Balaban J connectivity index is 1.58.